The predicted molar refractivity (Wildman–Crippen MR) is 49.6 cm³/mol. The van der Waals surface area contributed by atoms with Crippen LogP contribution in [-0.4, -0.2) is 5.71 Å². The Balaban J connectivity index is 0. The van der Waals surface area contributed by atoms with Crippen LogP contribution in [0.3, 0.4) is 0 Å². The van der Waals surface area contributed by atoms with E-state index in [1.165, 1.54) is 0 Å². The van der Waals surface area contributed by atoms with Crippen LogP contribution in [0.15, 0.2) is 17.3 Å². The van der Waals surface area contributed by atoms with Crippen LogP contribution in [0, 0.1) is 0 Å². The highest BCUT2D eigenvalue weighted by molar-refractivity contribution is 5.80. The number of hydrogen-bond acceptors (Lipinski definition) is 1. The minimum absolute atomic E-state index is 0.950. The van der Waals surface area contributed by atoms with Gasteiger partial charge in [0, 0.05) is 11.4 Å². The van der Waals surface area contributed by atoms with Gasteiger partial charge >= 0.3 is 0 Å². The number of nitrogens with zero attached hydrogens (tertiary/aromatic N) is 1. The Morgan fingerprint density at radius 2 is 1.70 bits per heavy atom. The summed E-state index contributed by atoms with van der Waals surface area (Å²) in [5.41, 5.74) is 2.04. The van der Waals surface area contributed by atoms with E-state index in [0.29, 0.717) is 0 Å². The molecule has 0 N–H and O–H groups in total. The maximum Gasteiger partial charge on any atom is 0.0328 e. The monoisotopic (exact) mass is 141 g/mol. The molecule has 0 amide bonds. The lowest BCUT2D eigenvalue weighted by molar-refractivity contribution is 1.07. The maximum absolute atomic E-state index is 4.12. The predicted octanol–water partition coefficient (Wildman–Crippen LogP) is 3.42. The first-order valence-corrected chi connectivity index (χ1v) is 3.86. The van der Waals surface area contributed by atoms with Crippen molar-refractivity contribution >= 4 is 5.71 Å². The Hall–Kier alpha value is -0.590. The van der Waals surface area contributed by atoms with Crippen molar-refractivity contribution in [2.24, 2.45) is 4.99 Å². The van der Waals surface area contributed by atoms with Gasteiger partial charge in [0.1, 0.15) is 0 Å². The molecular weight excluding hydrogens is 122 g/mol. The molecule has 0 radical (unpaired) electrons. The molecule has 10 heavy (non-hydrogen) atoms. The third kappa shape index (κ3) is 10.4. The van der Waals surface area contributed by atoms with Crippen LogP contribution in [0.4, 0.5) is 0 Å². The molecule has 0 aromatic rings. The van der Waals surface area contributed by atoms with Gasteiger partial charge in [0.15, 0.2) is 0 Å². The third-order valence-corrected chi connectivity index (χ3v) is 0.790. The summed E-state index contributed by atoms with van der Waals surface area (Å²) in [4.78, 5) is 4.12. The zero-order valence-electron chi connectivity index (χ0n) is 7.86. The molecule has 0 rings (SSSR count). The summed E-state index contributed by atoms with van der Waals surface area (Å²) in [6.45, 7) is 13.7. The van der Waals surface area contributed by atoms with Crippen LogP contribution in [0.1, 0.15) is 41.0 Å². The van der Waals surface area contributed by atoms with Crippen LogP contribution >= 0.6 is 0 Å². The van der Waals surface area contributed by atoms with Crippen molar-refractivity contribution in [3.8, 4) is 0 Å². The van der Waals surface area contributed by atoms with Gasteiger partial charge in [-0.1, -0.05) is 27.4 Å². The van der Waals surface area contributed by atoms with Gasteiger partial charge in [-0.3, -0.25) is 4.99 Å². The van der Waals surface area contributed by atoms with E-state index in [2.05, 4.69) is 18.5 Å². The summed E-state index contributed by atoms with van der Waals surface area (Å²) in [5, 5.41) is 0. The minimum Gasteiger partial charge on any atom is -0.263 e. The average molecular weight is 141 g/mol. The molecule has 0 saturated heterocycles. The average Bonchev–Trinajstić information content (AvgIpc) is 1.91. The topological polar surface area (TPSA) is 12.4 Å². The quantitative estimate of drug-likeness (QED) is 0.522. The first-order chi connectivity index (χ1) is 4.66. The van der Waals surface area contributed by atoms with Crippen molar-refractivity contribution in [1.82, 2.24) is 0 Å². The van der Waals surface area contributed by atoms with Gasteiger partial charge in [0.2, 0.25) is 0 Å². The molecule has 0 aromatic heterocycles. The van der Waals surface area contributed by atoms with E-state index < -0.39 is 0 Å². The third-order valence-electron chi connectivity index (χ3n) is 0.790. The summed E-state index contributed by atoms with van der Waals surface area (Å²) in [5.74, 6) is 0. The molecule has 60 valence electrons. The van der Waals surface area contributed by atoms with Crippen molar-refractivity contribution in [2.45, 2.75) is 41.0 Å². The lowest BCUT2D eigenvalue weighted by atomic mass is 10.4. The molecule has 0 unspecified atom stereocenters. The van der Waals surface area contributed by atoms with E-state index in [-0.39, 0.29) is 0 Å². The van der Waals surface area contributed by atoms with E-state index in [9.17, 15) is 0 Å². The molecule has 0 aromatic carbocycles. The molecule has 0 bridgehead atoms. The molecule has 0 saturated carbocycles. The molecular formula is C9H19N. The molecule has 0 heterocycles. The van der Waals surface area contributed by atoms with E-state index in [4.69, 9.17) is 0 Å². The van der Waals surface area contributed by atoms with Gasteiger partial charge in [-0.05, 0) is 20.3 Å². The van der Waals surface area contributed by atoms with Crippen molar-refractivity contribution in [3.63, 3.8) is 0 Å². The maximum atomic E-state index is 4.12. The second kappa shape index (κ2) is 8.41. The number of allylic oxidation sites excluding steroid dienone is 1. The van der Waals surface area contributed by atoms with Gasteiger partial charge in [-0.25, -0.2) is 0 Å². The van der Waals surface area contributed by atoms with Crippen LogP contribution < -0.4 is 0 Å². The van der Waals surface area contributed by atoms with Crippen LogP contribution in [-0.2, 0) is 0 Å². The first-order valence-electron chi connectivity index (χ1n) is 3.86. The van der Waals surface area contributed by atoms with Crippen molar-refractivity contribution in [2.75, 3.05) is 0 Å². The Labute approximate surface area is 64.9 Å². The minimum atomic E-state index is 0.950. The van der Waals surface area contributed by atoms with E-state index in [1.54, 1.807) is 0 Å². The Bertz CT molecular complexity index is 108. The standard InChI is InChI=1S/C7H13N.C2H6/c1-5-7(4)8-6(2)3;1-2/h4-5H2,1-3H3;1-2H3. The molecule has 1 heteroatoms. The normalized spacial score (nSPS) is 7.30. The van der Waals surface area contributed by atoms with Crippen molar-refractivity contribution in [3.05, 3.63) is 12.3 Å². The molecule has 0 aliphatic rings. The summed E-state index contributed by atoms with van der Waals surface area (Å²) >= 11 is 0. The summed E-state index contributed by atoms with van der Waals surface area (Å²) < 4.78 is 0. The van der Waals surface area contributed by atoms with Crippen molar-refractivity contribution in [1.29, 1.82) is 0 Å². The molecule has 0 fully saturated rings. The van der Waals surface area contributed by atoms with Gasteiger partial charge in [-0.15, -0.1) is 0 Å². The number of hydrogen-bond donors (Lipinski definition) is 0. The van der Waals surface area contributed by atoms with E-state index in [1.807, 2.05) is 27.7 Å². The summed E-state index contributed by atoms with van der Waals surface area (Å²) in [6.07, 6.45) is 0.950. The highest BCUT2D eigenvalue weighted by Gasteiger charge is 1.81. The largest absolute Gasteiger partial charge is 0.263 e. The fourth-order valence-electron chi connectivity index (χ4n) is 0.395. The highest BCUT2D eigenvalue weighted by Crippen LogP contribution is 1.97. The lowest BCUT2D eigenvalue weighted by Crippen LogP contribution is -1.80. The number of aliphatic imine (C=N–C) groups is 1. The van der Waals surface area contributed by atoms with E-state index >= 15 is 0 Å². The second-order valence-corrected chi connectivity index (χ2v) is 1.98. The van der Waals surface area contributed by atoms with Crippen molar-refractivity contribution < 1.29 is 0 Å². The fourth-order valence-corrected chi connectivity index (χ4v) is 0.395. The zero-order chi connectivity index (χ0) is 8.57. The first kappa shape index (κ1) is 12.1. The van der Waals surface area contributed by atoms with Crippen LogP contribution in [0.5, 0.6) is 0 Å². The van der Waals surface area contributed by atoms with E-state index in [0.717, 1.165) is 17.8 Å². The van der Waals surface area contributed by atoms with Gasteiger partial charge in [0.05, 0.1) is 0 Å². The van der Waals surface area contributed by atoms with Gasteiger partial charge in [-0.2, -0.15) is 0 Å². The smallest absolute Gasteiger partial charge is 0.0328 e. The zero-order valence-corrected chi connectivity index (χ0v) is 7.86. The molecule has 1 nitrogen and oxygen atoms in total. The fraction of sp³-hybridized carbons (Fsp3) is 0.667. The lowest BCUT2D eigenvalue weighted by Gasteiger charge is -1.91. The van der Waals surface area contributed by atoms with Gasteiger partial charge < -0.3 is 0 Å². The Morgan fingerprint density at radius 3 is 1.80 bits per heavy atom. The Morgan fingerprint density at radius 1 is 1.30 bits per heavy atom. The summed E-state index contributed by atoms with van der Waals surface area (Å²) in [7, 11) is 0. The SMILES string of the molecule is C=C(CC)N=C(C)C.CC. The number of rotatable bonds is 2. The highest BCUT2D eigenvalue weighted by atomic mass is 14.7. The molecule has 0 spiro atoms. The summed E-state index contributed by atoms with van der Waals surface area (Å²) in [6, 6.07) is 0. The molecule has 0 atom stereocenters. The molecule has 0 aliphatic heterocycles. The second-order valence-electron chi connectivity index (χ2n) is 1.98. The van der Waals surface area contributed by atoms with Crippen LogP contribution in [0.2, 0.25) is 0 Å². The van der Waals surface area contributed by atoms with Gasteiger partial charge in [0.25, 0.3) is 0 Å². The molecule has 0 aliphatic carbocycles. The Kier molecular flexibility index (Phi) is 10.2. The van der Waals surface area contributed by atoms with Crippen LogP contribution in [0.25, 0.3) is 0 Å².